The number of para-hydroxylation sites is 1. The first-order valence-corrected chi connectivity index (χ1v) is 14.0. The number of ether oxygens (including phenoxy) is 1. The SMILES string of the molecule is COc1ccc(CN2Cc3c(-c4ccccc4Cl)cc(SCl)cc3N(c3c(Cl)cccc3Cl)C2=O)cc1. The number of hydrogen-bond acceptors (Lipinski definition) is 3. The number of hydrogen-bond donors (Lipinski definition) is 0. The molecule has 4 aromatic carbocycles. The van der Waals surface area contributed by atoms with Crippen LogP contribution < -0.4 is 9.64 Å². The summed E-state index contributed by atoms with van der Waals surface area (Å²) in [6.07, 6.45) is 0. The molecule has 37 heavy (non-hydrogen) atoms. The van der Waals surface area contributed by atoms with E-state index in [1.165, 1.54) is 0 Å². The van der Waals surface area contributed by atoms with Gasteiger partial charge in [-0.25, -0.2) is 4.79 Å². The summed E-state index contributed by atoms with van der Waals surface area (Å²) in [7, 11) is 8.92. The fourth-order valence-electron chi connectivity index (χ4n) is 4.46. The van der Waals surface area contributed by atoms with Crippen LogP contribution in [0.4, 0.5) is 16.2 Å². The number of halogens is 4. The van der Waals surface area contributed by atoms with Gasteiger partial charge in [-0.3, -0.25) is 4.90 Å². The van der Waals surface area contributed by atoms with E-state index < -0.39 is 0 Å². The molecule has 0 atom stereocenters. The summed E-state index contributed by atoms with van der Waals surface area (Å²) < 4.78 is 5.28. The van der Waals surface area contributed by atoms with Crippen LogP contribution in [0, 0.1) is 0 Å². The van der Waals surface area contributed by atoms with E-state index in [-0.39, 0.29) is 6.03 Å². The number of nitrogens with zero attached hydrogens (tertiary/aromatic N) is 2. The van der Waals surface area contributed by atoms with Crippen LogP contribution in [0.5, 0.6) is 5.75 Å². The van der Waals surface area contributed by atoms with Crippen LogP contribution >= 0.6 is 56.5 Å². The quantitative estimate of drug-likeness (QED) is 0.224. The summed E-state index contributed by atoms with van der Waals surface area (Å²) in [5.41, 5.74) is 4.66. The third kappa shape index (κ3) is 5.12. The zero-order chi connectivity index (χ0) is 26.1. The highest BCUT2D eigenvalue weighted by Gasteiger charge is 2.36. The van der Waals surface area contributed by atoms with Gasteiger partial charge in [-0.2, -0.15) is 0 Å². The van der Waals surface area contributed by atoms with Crippen molar-refractivity contribution in [2.24, 2.45) is 0 Å². The Morgan fingerprint density at radius 1 is 0.865 bits per heavy atom. The van der Waals surface area contributed by atoms with Gasteiger partial charge in [0, 0.05) is 27.6 Å². The van der Waals surface area contributed by atoms with Gasteiger partial charge in [0.2, 0.25) is 0 Å². The molecule has 4 aromatic rings. The van der Waals surface area contributed by atoms with Crippen molar-refractivity contribution < 1.29 is 9.53 Å². The van der Waals surface area contributed by atoms with Crippen molar-refractivity contribution >= 4 is 73.9 Å². The molecule has 0 unspecified atom stereocenters. The monoisotopic (exact) mass is 588 g/mol. The van der Waals surface area contributed by atoms with Crippen molar-refractivity contribution in [3.63, 3.8) is 0 Å². The lowest BCUT2D eigenvalue weighted by Gasteiger charge is -2.39. The molecule has 5 rings (SSSR count). The van der Waals surface area contributed by atoms with E-state index in [4.69, 9.17) is 50.2 Å². The lowest BCUT2D eigenvalue weighted by atomic mass is 9.95. The van der Waals surface area contributed by atoms with Crippen LogP contribution in [0.15, 0.2) is 83.8 Å². The Kier molecular flexibility index (Phi) is 7.80. The predicted molar refractivity (Wildman–Crippen MR) is 155 cm³/mol. The van der Waals surface area contributed by atoms with Crippen molar-refractivity contribution in [2.75, 3.05) is 12.0 Å². The Labute approximate surface area is 239 Å². The molecule has 4 nitrogen and oxygen atoms in total. The van der Waals surface area contributed by atoms with E-state index in [0.717, 1.165) is 43.9 Å². The molecule has 1 heterocycles. The van der Waals surface area contributed by atoms with Crippen LogP contribution in [0.2, 0.25) is 15.1 Å². The van der Waals surface area contributed by atoms with Crippen molar-refractivity contribution in [2.45, 2.75) is 18.0 Å². The van der Waals surface area contributed by atoms with Crippen molar-refractivity contribution in [1.82, 2.24) is 4.90 Å². The standard InChI is InChI=1S/C28H20Cl4N2O2S/c1-36-18-11-9-17(10-12-18)15-33-16-22-21(20-5-2-3-6-23(20)29)13-19(37-32)14-26(22)34(28(33)35)27-24(30)7-4-8-25(27)31/h2-14H,15-16H2,1H3. The van der Waals surface area contributed by atoms with Gasteiger partial charge >= 0.3 is 6.03 Å². The molecule has 2 amide bonds. The molecule has 0 fully saturated rings. The Balaban J connectivity index is 1.72. The number of rotatable bonds is 6. The summed E-state index contributed by atoms with van der Waals surface area (Å²) in [4.78, 5) is 18.2. The van der Waals surface area contributed by atoms with Crippen molar-refractivity contribution in [3.05, 3.63) is 105 Å². The summed E-state index contributed by atoms with van der Waals surface area (Å²) in [6.45, 7) is 0.724. The zero-order valence-corrected chi connectivity index (χ0v) is 23.4. The highest BCUT2D eigenvalue weighted by atomic mass is 35.7. The van der Waals surface area contributed by atoms with E-state index in [2.05, 4.69) is 0 Å². The van der Waals surface area contributed by atoms with Crippen LogP contribution in [0.1, 0.15) is 11.1 Å². The Morgan fingerprint density at radius 3 is 2.19 bits per heavy atom. The Hall–Kier alpha value is -2.54. The first-order valence-electron chi connectivity index (χ1n) is 11.3. The van der Waals surface area contributed by atoms with Gasteiger partial charge in [-0.15, -0.1) is 0 Å². The number of anilines is 2. The second-order valence-corrected chi connectivity index (χ2v) is 10.7. The summed E-state index contributed by atoms with van der Waals surface area (Å²) in [6, 6.07) is 24.0. The maximum absolute atomic E-state index is 14.1. The number of benzene rings is 4. The highest BCUT2D eigenvalue weighted by molar-refractivity contribution is 8.21. The second-order valence-electron chi connectivity index (χ2n) is 8.42. The molecular weight excluding hydrogens is 570 g/mol. The lowest BCUT2D eigenvalue weighted by Crippen LogP contribution is -2.44. The average molecular weight is 590 g/mol. The normalized spacial score (nSPS) is 13.1. The number of methoxy groups -OCH3 is 1. The summed E-state index contributed by atoms with van der Waals surface area (Å²) >= 11 is 19.9. The van der Waals surface area contributed by atoms with Crippen LogP contribution in [0.3, 0.4) is 0 Å². The molecule has 0 radical (unpaired) electrons. The molecule has 1 aliphatic rings. The third-order valence-electron chi connectivity index (χ3n) is 6.20. The molecular formula is C28H20Cl4N2O2S. The fourth-order valence-corrected chi connectivity index (χ4v) is 5.85. The molecule has 9 heteroatoms. The molecule has 0 saturated heterocycles. The smallest absolute Gasteiger partial charge is 0.329 e. The van der Waals surface area contributed by atoms with Crippen LogP contribution in [0.25, 0.3) is 11.1 Å². The Morgan fingerprint density at radius 2 is 1.54 bits per heavy atom. The number of urea groups is 1. The lowest BCUT2D eigenvalue weighted by molar-refractivity contribution is 0.198. The first-order chi connectivity index (χ1) is 17.9. The number of carbonyl (C=O) groups is 1. The van der Waals surface area contributed by atoms with E-state index in [0.29, 0.717) is 39.5 Å². The maximum Gasteiger partial charge on any atom is 0.329 e. The largest absolute Gasteiger partial charge is 0.497 e. The highest BCUT2D eigenvalue weighted by Crippen LogP contribution is 2.48. The molecule has 188 valence electrons. The molecule has 0 aromatic heterocycles. The van der Waals surface area contributed by atoms with Crippen LogP contribution in [-0.2, 0) is 13.1 Å². The van der Waals surface area contributed by atoms with Gasteiger partial charge < -0.3 is 9.64 Å². The molecule has 1 aliphatic heterocycles. The Bertz CT molecular complexity index is 1460. The third-order valence-corrected chi connectivity index (χ3v) is 8.09. The van der Waals surface area contributed by atoms with Crippen molar-refractivity contribution in [3.8, 4) is 16.9 Å². The molecule has 0 N–H and O–H groups in total. The van der Waals surface area contributed by atoms with E-state index in [9.17, 15) is 4.79 Å². The first kappa shape index (κ1) is 26.1. The summed E-state index contributed by atoms with van der Waals surface area (Å²) in [5, 5.41) is 1.32. The number of fused-ring (bicyclic) bond motifs is 1. The number of carbonyl (C=O) groups excluding carboxylic acids is 1. The maximum atomic E-state index is 14.1. The van der Waals surface area contributed by atoms with Gasteiger partial charge in [-0.1, -0.05) is 71.2 Å². The summed E-state index contributed by atoms with van der Waals surface area (Å²) in [5.74, 6) is 0.746. The molecule has 0 bridgehead atoms. The molecule has 0 aliphatic carbocycles. The molecule has 0 saturated carbocycles. The minimum Gasteiger partial charge on any atom is -0.497 e. The average Bonchev–Trinajstić information content (AvgIpc) is 2.90. The van der Waals surface area contributed by atoms with Gasteiger partial charge in [0.25, 0.3) is 0 Å². The van der Waals surface area contributed by atoms with Crippen molar-refractivity contribution in [1.29, 1.82) is 0 Å². The zero-order valence-electron chi connectivity index (χ0n) is 19.6. The number of amides is 2. The van der Waals surface area contributed by atoms with E-state index in [1.54, 1.807) is 35.1 Å². The van der Waals surface area contributed by atoms with Gasteiger partial charge in [0.05, 0.1) is 35.1 Å². The van der Waals surface area contributed by atoms with Gasteiger partial charge in [-0.05, 0) is 75.2 Å². The fraction of sp³-hybridized carbons (Fsp3) is 0.107. The predicted octanol–water partition coefficient (Wildman–Crippen LogP) is 9.84. The van der Waals surface area contributed by atoms with E-state index in [1.807, 2.05) is 60.7 Å². The van der Waals surface area contributed by atoms with Gasteiger partial charge in [0.15, 0.2) is 0 Å². The minimum absolute atomic E-state index is 0.250. The van der Waals surface area contributed by atoms with Crippen LogP contribution in [-0.4, -0.2) is 18.0 Å². The van der Waals surface area contributed by atoms with E-state index >= 15 is 0 Å². The van der Waals surface area contributed by atoms with Gasteiger partial charge in [0.1, 0.15) is 5.75 Å². The molecule has 0 spiro atoms. The topological polar surface area (TPSA) is 32.8 Å². The second kappa shape index (κ2) is 11.1. The minimum atomic E-state index is -0.250.